The fraction of sp³-hybridized carbons (Fsp3) is 0.286. The summed E-state index contributed by atoms with van der Waals surface area (Å²) in [4.78, 5) is 8.62. The van der Waals surface area contributed by atoms with Crippen LogP contribution in [0.2, 0.25) is 0 Å². The Hall–Kier alpha value is -2.50. The molecule has 20 heavy (non-hydrogen) atoms. The fourth-order valence-corrected chi connectivity index (χ4v) is 2.41. The number of anilines is 2. The van der Waals surface area contributed by atoms with Crippen molar-refractivity contribution in [2.24, 2.45) is 0 Å². The molecule has 3 heterocycles. The molecule has 1 unspecified atom stereocenters. The number of hydrogen-bond acceptors (Lipinski definition) is 5. The van der Waals surface area contributed by atoms with E-state index in [1.165, 1.54) is 0 Å². The molecule has 0 saturated carbocycles. The van der Waals surface area contributed by atoms with Gasteiger partial charge in [0, 0.05) is 18.0 Å². The Morgan fingerprint density at radius 3 is 2.90 bits per heavy atom. The molecule has 0 fully saturated rings. The number of nitrogens with zero attached hydrogens (tertiary/aromatic N) is 3. The number of nitrogens with two attached hydrogens (primary N) is 1. The van der Waals surface area contributed by atoms with E-state index in [1.807, 2.05) is 30.5 Å². The van der Waals surface area contributed by atoms with Gasteiger partial charge in [-0.1, -0.05) is 0 Å². The summed E-state index contributed by atoms with van der Waals surface area (Å²) >= 11 is 0. The molecule has 6 heteroatoms. The molecule has 3 aromatic heterocycles. The second-order valence-corrected chi connectivity index (χ2v) is 4.91. The quantitative estimate of drug-likeness (QED) is 0.765. The molecule has 0 aliphatic rings. The highest BCUT2D eigenvalue weighted by atomic mass is 16.3. The third-order valence-corrected chi connectivity index (χ3v) is 3.29. The molecule has 0 amide bonds. The average molecular weight is 271 g/mol. The molecule has 3 aromatic rings. The highest BCUT2D eigenvalue weighted by molar-refractivity contribution is 5.65. The van der Waals surface area contributed by atoms with Crippen LogP contribution in [0.4, 0.5) is 11.6 Å². The third-order valence-electron chi connectivity index (χ3n) is 3.29. The Morgan fingerprint density at radius 1 is 1.40 bits per heavy atom. The van der Waals surface area contributed by atoms with Crippen LogP contribution in [0.5, 0.6) is 0 Å². The minimum atomic E-state index is 0.0576. The second-order valence-electron chi connectivity index (χ2n) is 4.91. The van der Waals surface area contributed by atoms with Gasteiger partial charge < -0.3 is 19.9 Å². The molecular weight excluding hydrogens is 254 g/mol. The third kappa shape index (κ3) is 2.09. The molecule has 0 radical (unpaired) electrons. The van der Waals surface area contributed by atoms with E-state index in [9.17, 15) is 0 Å². The molecule has 0 aromatic carbocycles. The zero-order valence-corrected chi connectivity index (χ0v) is 11.7. The van der Waals surface area contributed by atoms with Crippen LogP contribution in [0, 0.1) is 13.8 Å². The molecule has 1 atom stereocenters. The maximum atomic E-state index is 5.81. The summed E-state index contributed by atoms with van der Waals surface area (Å²) in [6.45, 7) is 5.95. The first-order valence-electron chi connectivity index (χ1n) is 6.47. The van der Waals surface area contributed by atoms with Gasteiger partial charge in [0.2, 0.25) is 0 Å². The van der Waals surface area contributed by atoms with Crippen LogP contribution in [0.3, 0.4) is 0 Å². The van der Waals surface area contributed by atoms with Gasteiger partial charge in [0.15, 0.2) is 11.5 Å². The van der Waals surface area contributed by atoms with Gasteiger partial charge in [-0.2, -0.15) is 0 Å². The first-order valence-corrected chi connectivity index (χ1v) is 6.47. The standard InChI is InChI=1S/C14H17N5O/c1-8-6-11(10(3)20-8)9(2)17-13-14-16-4-5-19(14)7-12(15)18-13/h4-7,9H,15H2,1-3H3,(H,17,18). The van der Waals surface area contributed by atoms with E-state index >= 15 is 0 Å². The molecule has 3 N–H and O–H groups in total. The number of rotatable bonds is 3. The van der Waals surface area contributed by atoms with Crippen LogP contribution in [-0.2, 0) is 0 Å². The number of aromatic nitrogens is 3. The van der Waals surface area contributed by atoms with Crippen molar-refractivity contribution < 1.29 is 4.42 Å². The largest absolute Gasteiger partial charge is 0.466 e. The monoisotopic (exact) mass is 271 g/mol. The molecule has 0 aliphatic heterocycles. The number of nitrogen functional groups attached to an aromatic ring is 1. The van der Waals surface area contributed by atoms with Gasteiger partial charge in [0.25, 0.3) is 0 Å². The maximum Gasteiger partial charge on any atom is 0.180 e. The minimum Gasteiger partial charge on any atom is -0.466 e. The van der Waals surface area contributed by atoms with Gasteiger partial charge in [-0.15, -0.1) is 0 Å². The molecular formula is C14H17N5O. The summed E-state index contributed by atoms with van der Waals surface area (Å²) in [5, 5.41) is 3.35. The van der Waals surface area contributed by atoms with E-state index in [4.69, 9.17) is 10.2 Å². The highest BCUT2D eigenvalue weighted by Gasteiger charge is 2.15. The molecule has 104 valence electrons. The Morgan fingerprint density at radius 2 is 2.20 bits per heavy atom. The van der Waals surface area contributed by atoms with Gasteiger partial charge in [0.05, 0.1) is 12.2 Å². The van der Waals surface area contributed by atoms with Crippen molar-refractivity contribution in [3.05, 3.63) is 41.7 Å². The summed E-state index contributed by atoms with van der Waals surface area (Å²) in [6.07, 6.45) is 5.31. The Bertz CT molecular complexity index is 758. The first kappa shape index (κ1) is 12.5. The molecule has 0 bridgehead atoms. The second kappa shape index (κ2) is 4.56. The fourth-order valence-electron chi connectivity index (χ4n) is 2.41. The van der Waals surface area contributed by atoms with E-state index in [1.54, 1.807) is 12.4 Å². The van der Waals surface area contributed by atoms with E-state index in [0.29, 0.717) is 11.6 Å². The summed E-state index contributed by atoms with van der Waals surface area (Å²) < 4.78 is 7.42. The minimum absolute atomic E-state index is 0.0576. The van der Waals surface area contributed by atoms with Crippen LogP contribution >= 0.6 is 0 Å². The van der Waals surface area contributed by atoms with Gasteiger partial charge in [0.1, 0.15) is 17.3 Å². The maximum absolute atomic E-state index is 5.81. The van der Waals surface area contributed by atoms with Crippen molar-refractivity contribution in [2.75, 3.05) is 11.1 Å². The molecule has 0 saturated heterocycles. The summed E-state index contributed by atoms with van der Waals surface area (Å²) in [6, 6.07) is 2.09. The zero-order chi connectivity index (χ0) is 14.3. The van der Waals surface area contributed by atoms with E-state index < -0.39 is 0 Å². The van der Waals surface area contributed by atoms with E-state index in [-0.39, 0.29) is 6.04 Å². The SMILES string of the molecule is Cc1cc(C(C)Nc2nc(N)cn3ccnc23)c(C)o1. The number of hydrogen-bond donors (Lipinski definition) is 2. The van der Waals surface area contributed by atoms with Crippen LogP contribution in [0.1, 0.15) is 30.0 Å². The number of fused-ring (bicyclic) bond motifs is 1. The van der Waals surface area contributed by atoms with Crippen molar-refractivity contribution >= 4 is 17.3 Å². The normalized spacial score (nSPS) is 12.8. The van der Waals surface area contributed by atoms with Crippen LogP contribution in [0.25, 0.3) is 5.65 Å². The number of nitrogens with one attached hydrogen (secondary N) is 1. The van der Waals surface area contributed by atoms with Gasteiger partial charge in [-0.3, -0.25) is 0 Å². The lowest BCUT2D eigenvalue weighted by Gasteiger charge is -2.14. The molecule has 6 nitrogen and oxygen atoms in total. The van der Waals surface area contributed by atoms with Gasteiger partial charge in [-0.25, -0.2) is 9.97 Å². The Balaban J connectivity index is 1.96. The van der Waals surface area contributed by atoms with Gasteiger partial charge >= 0.3 is 0 Å². The zero-order valence-electron chi connectivity index (χ0n) is 11.7. The van der Waals surface area contributed by atoms with E-state index in [0.717, 1.165) is 22.7 Å². The van der Waals surface area contributed by atoms with Crippen molar-refractivity contribution in [3.8, 4) is 0 Å². The smallest absolute Gasteiger partial charge is 0.180 e. The number of imidazole rings is 1. The van der Waals surface area contributed by atoms with Crippen molar-refractivity contribution in [1.29, 1.82) is 0 Å². The summed E-state index contributed by atoms with van der Waals surface area (Å²) in [5.74, 6) is 2.93. The van der Waals surface area contributed by atoms with Crippen LogP contribution < -0.4 is 11.1 Å². The number of furan rings is 1. The van der Waals surface area contributed by atoms with Crippen molar-refractivity contribution in [2.45, 2.75) is 26.8 Å². The summed E-state index contributed by atoms with van der Waals surface area (Å²) in [5.41, 5.74) is 7.68. The highest BCUT2D eigenvalue weighted by Crippen LogP contribution is 2.26. The van der Waals surface area contributed by atoms with Crippen LogP contribution in [0.15, 0.2) is 29.1 Å². The predicted octanol–water partition coefficient (Wildman–Crippen LogP) is 2.69. The Labute approximate surface area is 116 Å². The van der Waals surface area contributed by atoms with Crippen molar-refractivity contribution in [3.63, 3.8) is 0 Å². The topological polar surface area (TPSA) is 81.4 Å². The van der Waals surface area contributed by atoms with Gasteiger partial charge in [-0.05, 0) is 26.8 Å². The lowest BCUT2D eigenvalue weighted by atomic mass is 10.1. The molecule has 0 spiro atoms. The molecule has 3 rings (SSSR count). The van der Waals surface area contributed by atoms with Crippen molar-refractivity contribution in [1.82, 2.24) is 14.4 Å². The average Bonchev–Trinajstić information content (AvgIpc) is 2.95. The predicted molar refractivity (Wildman–Crippen MR) is 77.6 cm³/mol. The van der Waals surface area contributed by atoms with E-state index in [2.05, 4.69) is 22.2 Å². The lowest BCUT2D eigenvalue weighted by molar-refractivity contribution is 0.500. The van der Waals surface area contributed by atoms with Crippen LogP contribution in [-0.4, -0.2) is 14.4 Å². The summed E-state index contributed by atoms with van der Waals surface area (Å²) in [7, 11) is 0. The number of aryl methyl sites for hydroxylation is 2. The Kier molecular flexibility index (Phi) is 2.85. The lowest BCUT2D eigenvalue weighted by Crippen LogP contribution is -2.10. The first-order chi connectivity index (χ1) is 9.54. The molecule has 0 aliphatic carbocycles.